The standard InChI is InChI=1S/C19H21N3O4.H2/c1-13-7-8-17(20-10-13)21-18(24)16-9-15(23)11-22(16)19(25)26-12-14-5-3-2-4-6-14;/h2-8,10,15-16,23H,9,11-12H2,1H3,(H,20,21,24);1H/t15-,16+;/m1./s1. The second-order valence-corrected chi connectivity index (χ2v) is 6.31. The molecule has 1 aliphatic heterocycles. The highest BCUT2D eigenvalue weighted by Crippen LogP contribution is 2.21. The summed E-state index contributed by atoms with van der Waals surface area (Å²) in [6.07, 6.45) is 0.423. The van der Waals surface area contributed by atoms with Gasteiger partial charge in [0.25, 0.3) is 0 Å². The zero-order chi connectivity index (χ0) is 18.5. The number of likely N-dealkylation sites (tertiary alicyclic amines) is 1. The molecule has 2 heterocycles. The maximum atomic E-state index is 12.5. The molecule has 3 rings (SSSR count). The second-order valence-electron chi connectivity index (χ2n) is 6.31. The fraction of sp³-hybridized carbons (Fsp3) is 0.316. The van der Waals surface area contributed by atoms with Crippen LogP contribution in [-0.4, -0.2) is 45.7 Å². The minimum atomic E-state index is -0.795. The van der Waals surface area contributed by atoms with Crippen LogP contribution in [0.3, 0.4) is 0 Å². The summed E-state index contributed by atoms with van der Waals surface area (Å²) in [5.41, 5.74) is 1.83. The molecule has 1 aromatic carbocycles. The smallest absolute Gasteiger partial charge is 0.410 e. The van der Waals surface area contributed by atoms with E-state index in [1.807, 2.05) is 43.3 Å². The molecule has 7 heteroatoms. The molecule has 0 unspecified atom stereocenters. The summed E-state index contributed by atoms with van der Waals surface area (Å²) in [6, 6.07) is 12.0. The van der Waals surface area contributed by atoms with E-state index in [4.69, 9.17) is 4.74 Å². The molecule has 0 bridgehead atoms. The van der Waals surface area contributed by atoms with Gasteiger partial charge in [-0.15, -0.1) is 0 Å². The van der Waals surface area contributed by atoms with Crippen LogP contribution in [0.5, 0.6) is 0 Å². The fourth-order valence-electron chi connectivity index (χ4n) is 2.82. The van der Waals surface area contributed by atoms with Gasteiger partial charge in [0, 0.05) is 14.0 Å². The highest BCUT2D eigenvalue weighted by Gasteiger charge is 2.40. The lowest BCUT2D eigenvalue weighted by molar-refractivity contribution is -0.120. The minimum Gasteiger partial charge on any atom is -0.445 e. The molecule has 1 fully saturated rings. The number of rotatable bonds is 4. The van der Waals surface area contributed by atoms with Crippen LogP contribution in [0.1, 0.15) is 19.0 Å². The molecule has 2 N–H and O–H groups in total. The first-order valence-corrected chi connectivity index (χ1v) is 8.42. The van der Waals surface area contributed by atoms with E-state index in [1.165, 1.54) is 4.90 Å². The molecule has 1 aliphatic rings. The number of nitrogens with one attached hydrogen (secondary N) is 1. The fourth-order valence-corrected chi connectivity index (χ4v) is 2.82. The summed E-state index contributed by atoms with van der Waals surface area (Å²) in [5, 5.41) is 12.6. The maximum absolute atomic E-state index is 12.5. The van der Waals surface area contributed by atoms with Crippen LogP contribution in [0, 0.1) is 6.92 Å². The molecule has 2 amide bonds. The zero-order valence-electron chi connectivity index (χ0n) is 14.5. The average molecular weight is 357 g/mol. The number of nitrogens with zero attached hydrogens (tertiary/aromatic N) is 2. The largest absolute Gasteiger partial charge is 0.445 e. The summed E-state index contributed by atoms with van der Waals surface area (Å²) in [5.74, 6) is 0.00848. The molecule has 1 saturated heterocycles. The highest BCUT2D eigenvalue weighted by molar-refractivity contribution is 5.96. The molecule has 7 nitrogen and oxygen atoms in total. The number of β-amino-alcohol motifs (C(OH)–C–C–N with tert-alkyl or cyclic N) is 1. The monoisotopic (exact) mass is 357 g/mol. The van der Waals surface area contributed by atoms with Gasteiger partial charge in [0.1, 0.15) is 18.5 Å². The second kappa shape index (κ2) is 7.97. The van der Waals surface area contributed by atoms with Gasteiger partial charge in [-0.2, -0.15) is 0 Å². The van der Waals surface area contributed by atoms with Crippen LogP contribution in [0.25, 0.3) is 0 Å². The van der Waals surface area contributed by atoms with Crippen molar-refractivity contribution in [3.05, 3.63) is 59.8 Å². The van der Waals surface area contributed by atoms with E-state index >= 15 is 0 Å². The van der Waals surface area contributed by atoms with Crippen molar-refractivity contribution in [1.29, 1.82) is 0 Å². The first-order valence-electron chi connectivity index (χ1n) is 8.42. The first kappa shape index (κ1) is 17.9. The number of aliphatic hydroxyl groups excluding tert-OH is 1. The molecule has 2 atom stereocenters. The molecular weight excluding hydrogens is 334 g/mol. The lowest BCUT2D eigenvalue weighted by atomic mass is 10.2. The molecule has 26 heavy (non-hydrogen) atoms. The van der Waals surface area contributed by atoms with Crippen LogP contribution in [-0.2, 0) is 16.1 Å². The molecule has 1 aromatic heterocycles. The number of aromatic nitrogens is 1. The molecule has 138 valence electrons. The van der Waals surface area contributed by atoms with E-state index in [0.717, 1.165) is 11.1 Å². The van der Waals surface area contributed by atoms with Crippen molar-refractivity contribution in [2.24, 2.45) is 0 Å². The van der Waals surface area contributed by atoms with Crippen molar-refractivity contribution < 1.29 is 20.9 Å². The number of carbonyl (C=O) groups excluding carboxylic acids is 2. The molecule has 0 saturated carbocycles. The summed E-state index contributed by atoms with van der Waals surface area (Å²) in [6.45, 7) is 2.07. The van der Waals surface area contributed by atoms with Gasteiger partial charge in [-0.3, -0.25) is 9.69 Å². The maximum Gasteiger partial charge on any atom is 0.410 e. The van der Waals surface area contributed by atoms with Crippen molar-refractivity contribution in [2.75, 3.05) is 11.9 Å². The number of anilines is 1. The number of hydrogen-bond acceptors (Lipinski definition) is 5. The van der Waals surface area contributed by atoms with E-state index in [0.29, 0.717) is 5.82 Å². The van der Waals surface area contributed by atoms with Crippen LogP contribution in [0.4, 0.5) is 10.6 Å². The Morgan fingerprint density at radius 3 is 2.77 bits per heavy atom. The first-order chi connectivity index (χ1) is 12.5. The summed E-state index contributed by atoms with van der Waals surface area (Å²) >= 11 is 0. The van der Waals surface area contributed by atoms with E-state index in [1.54, 1.807) is 12.3 Å². The van der Waals surface area contributed by atoms with Gasteiger partial charge in [0.15, 0.2) is 0 Å². The summed E-state index contributed by atoms with van der Waals surface area (Å²) in [4.78, 5) is 30.3. The lowest BCUT2D eigenvalue weighted by Crippen LogP contribution is -2.43. The molecular formula is C19H23N3O4. The predicted octanol–water partition coefficient (Wildman–Crippen LogP) is 2.35. The van der Waals surface area contributed by atoms with Crippen molar-refractivity contribution in [2.45, 2.75) is 32.1 Å². The van der Waals surface area contributed by atoms with Gasteiger partial charge >= 0.3 is 6.09 Å². The number of pyridine rings is 1. The van der Waals surface area contributed by atoms with Crippen LogP contribution >= 0.6 is 0 Å². The lowest BCUT2D eigenvalue weighted by Gasteiger charge is -2.22. The van der Waals surface area contributed by atoms with Crippen LogP contribution in [0.15, 0.2) is 48.7 Å². The Morgan fingerprint density at radius 2 is 2.08 bits per heavy atom. The molecule has 0 radical (unpaired) electrons. The Labute approximate surface area is 153 Å². The van der Waals surface area contributed by atoms with E-state index < -0.39 is 24.1 Å². The van der Waals surface area contributed by atoms with Crippen LogP contribution in [0.2, 0.25) is 0 Å². The Morgan fingerprint density at radius 1 is 1.31 bits per heavy atom. The molecule has 0 spiro atoms. The van der Waals surface area contributed by atoms with Gasteiger partial charge < -0.3 is 15.2 Å². The number of aliphatic hydroxyl groups is 1. The third-order valence-electron chi connectivity index (χ3n) is 4.18. The Bertz CT molecular complexity index is 770. The third kappa shape index (κ3) is 4.37. The van der Waals surface area contributed by atoms with Gasteiger partial charge in [-0.05, 0) is 24.1 Å². The van der Waals surface area contributed by atoms with Gasteiger partial charge in [-0.25, -0.2) is 9.78 Å². The summed E-state index contributed by atoms with van der Waals surface area (Å²) in [7, 11) is 0. The predicted molar refractivity (Wildman–Crippen MR) is 97.5 cm³/mol. The number of ether oxygens (including phenoxy) is 1. The van der Waals surface area contributed by atoms with Crippen molar-refractivity contribution >= 4 is 17.8 Å². The number of benzene rings is 1. The third-order valence-corrected chi connectivity index (χ3v) is 4.18. The number of aryl methyl sites for hydroxylation is 1. The normalized spacial score (nSPS) is 19.2. The average Bonchev–Trinajstić information content (AvgIpc) is 3.04. The Kier molecular flexibility index (Phi) is 5.48. The Balaban J connectivity index is 0.00000261. The van der Waals surface area contributed by atoms with Gasteiger partial charge in [0.2, 0.25) is 5.91 Å². The van der Waals surface area contributed by atoms with Gasteiger partial charge in [-0.1, -0.05) is 36.4 Å². The SMILES string of the molecule is Cc1ccc(NC(=O)[C@@H]2C[C@@H](O)CN2C(=O)OCc2ccccc2)nc1.[HH]. The molecule has 2 aromatic rings. The highest BCUT2D eigenvalue weighted by atomic mass is 16.6. The number of hydrogen-bond donors (Lipinski definition) is 2. The topological polar surface area (TPSA) is 91.8 Å². The van der Waals surface area contributed by atoms with E-state index in [2.05, 4.69) is 10.3 Å². The van der Waals surface area contributed by atoms with Gasteiger partial charge in [0.05, 0.1) is 12.6 Å². The van der Waals surface area contributed by atoms with Crippen molar-refractivity contribution in [3.63, 3.8) is 0 Å². The number of carbonyl (C=O) groups is 2. The van der Waals surface area contributed by atoms with Crippen molar-refractivity contribution in [3.8, 4) is 0 Å². The van der Waals surface area contributed by atoms with E-state index in [9.17, 15) is 14.7 Å². The zero-order valence-corrected chi connectivity index (χ0v) is 14.5. The number of amides is 2. The van der Waals surface area contributed by atoms with Crippen molar-refractivity contribution in [1.82, 2.24) is 9.88 Å². The molecule has 0 aliphatic carbocycles. The van der Waals surface area contributed by atoms with E-state index in [-0.39, 0.29) is 21.0 Å². The Hall–Kier alpha value is -2.93. The minimum absolute atomic E-state index is 0. The quantitative estimate of drug-likeness (QED) is 0.876. The van der Waals surface area contributed by atoms with Crippen LogP contribution < -0.4 is 5.32 Å². The summed E-state index contributed by atoms with van der Waals surface area (Å²) < 4.78 is 5.29.